The summed E-state index contributed by atoms with van der Waals surface area (Å²) in [4.78, 5) is 7.16. The molecule has 0 aliphatic rings. The summed E-state index contributed by atoms with van der Waals surface area (Å²) in [5, 5.41) is 0. The third-order valence-corrected chi connectivity index (χ3v) is 4.95. The quantitative estimate of drug-likeness (QED) is 0.611. The molecule has 0 aromatic heterocycles. The lowest BCUT2D eigenvalue weighted by molar-refractivity contribution is 0.0599. The molecule has 0 saturated carbocycles. The minimum Gasteiger partial charge on any atom is -0.465 e. The Balaban J connectivity index is 3.95. The molecule has 0 spiro atoms. The highest BCUT2D eigenvalue weighted by molar-refractivity contribution is 8.45. The lowest BCUT2D eigenvalue weighted by atomic mass is 10.1. The first kappa shape index (κ1) is 17.7. The zero-order valence-corrected chi connectivity index (χ0v) is 12.6. The summed E-state index contributed by atoms with van der Waals surface area (Å²) >= 11 is 0. The van der Waals surface area contributed by atoms with Gasteiger partial charge < -0.3 is 4.74 Å². The summed E-state index contributed by atoms with van der Waals surface area (Å²) in [5.41, 5.74) is -1.01. The molecule has 0 aliphatic heterocycles. The van der Waals surface area contributed by atoms with Crippen molar-refractivity contribution >= 4 is 26.0 Å². The highest BCUT2D eigenvalue weighted by Crippen LogP contribution is 3.02. The molecule has 1 aromatic rings. The molecule has 11 heteroatoms. The predicted molar refractivity (Wildman–Crippen MR) is 67.0 cm³/mol. The van der Waals surface area contributed by atoms with Crippen LogP contribution in [0.2, 0.25) is 0 Å². The Hall–Kier alpha value is -1.36. The number of aryl methyl sites for hydroxylation is 1. The molecule has 0 unspecified atom stereocenters. The van der Waals surface area contributed by atoms with Gasteiger partial charge in [0.2, 0.25) is 0 Å². The van der Waals surface area contributed by atoms with Gasteiger partial charge in [-0.15, -0.1) is 0 Å². The molecule has 1 rings (SSSR count). The fraction of sp³-hybridized carbons (Fsp3) is 0.300. The van der Waals surface area contributed by atoms with E-state index in [2.05, 4.69) is 4.74 Å². The SMILES string of the molecule is COC(=O)c1cc(S(C)(=O)=O)c(S(F)(F)(F)(F)F)cc1C. The van der Waals surface area contributed by atoms with Gasteiger partial charge in [-0.3, -0.25) is 0 Å². The Labute approximate surface area is 117 Å². The zero-order chi connectivity index (χ0) is 16.9. The van der Waals surface area contributed by atoms with E-state index in [0.29, 0.717) is 6.26 Å². The highest BCUT2D eigenvalue weighted by atomic mass is 32.5. The average molecular weight is 354 g/mol. The van der Waals surface area contributed by atoms with Crippen LogP contribution in [-0.4, -0.2) is 27.8 Å². The number of halogens is 5. The molecule has 0 heterocycles. The van der Waals surface area contributed by atoms with Crippen molar-refractivity contribution in [3.8, 4) is 0 Å². The van der Waals surface area contributed by atoms with E-state index in [1.54, 1.807) is 0 Å². The van der Waals surface area contributed by atoms with Gasteiger partial charge in [-0.05, 0) is 24.6 Å². The first-order chi connectivity index (χ1) is 8.97. The second kappa shape index (κ2) is 4.09. The van der Waals surface area contributed by atoms with Gasteiger partial charge in [0, 0.05) is 6.26 Å². The van der Waals surface area contributed by atoms with Crippen molar-refractivity contribution in [2.45, 2.75) is 16.7 Å². The van der Waals surface area contributed by atoms with E-state index in [-0.39, 0.29) is 12.1 Å². The van der Waals surface area contributed by atoms with E-state index in [9.17, 15) is 32.6 Å². The normalized spacial score (nSPS) is 16.0. The Morgan fingerprint density at radius 1 is 1.14 bits per heavy atom. The van der Waals surface area contributed by atoms with Crippen LogP contribution in [0.3, 0.4) is 0 Å². The highest BCUT2D eigenvalue weighted by Gasteiger charge is 2.67. The number of carbonyl (C=O) groups is 1. The molecule has 0 saturated heterocycles. The van der Waals surface area contributed by atoms with Crippen LogP contribution in [0.1, 0.15) is 15.9 Å². The van der Waals surface area contributed by atoms with Gasteiger partial charge >= 0.3 is 16.2 Å². The Bertz CT molecular complexity index is 722. The van der Waals surface area contributed by atoms with Gasteiger partial charge in [-0.25, -0.2) is 13.2 Å². The van der Waals surface area contributed by atoms with Crippen LogP contribution in [0.4, 0.5) is 19.4 Å². The van der Waals surface area contributed by atoms with E-state index in [1.165, 1.54) is 0 Å². The third kappa shape index (κ3) is 3.84. The summed E-state index contributed by atoms with van der Waals surface area (Å²) in [6.07, 6.45) is 0.339. The first-order valence-electron chi connectivity index (χ1n) is 5.14. The monoisotopic (exact) mass is 354 g/mol. The van der Waals surface area contributed by atoms with E-state index >= 15 is 0 Å². The maximum Gasteiger partial charge on any atom is 0.338 e. The van der Waals surface area contributed by atoms with Crippen LogP contribution in [0.5, 0.6) is 0 Å². The van der Waals surface area contributed by atoms with Gasteiger partial charge in [-0.1, -0.05) is 19.4 Å². The molecule has 0 N–H and O–H groups in total. The van der Waals surface area contributed by atoms with Crippen molar-refractivity contribution in [1.82, 2.24) is 0 Å². The molecule has 0 atom stereocenters. The van der Waals surface area contributed by atoms with Gasteiger partial charge in [0.1, 0.15) is 4.90 Å². The molecule has 4 nitrogen and oxygen atoms in total. The van der Waals surface area contributed by atoms with Gasteiger partial charge in [0.05, 0.1) is 17.6 Å². The van der Waals surface area contributed by atoms with E-state index < -0.39 is 46.9 Å². The van der Waals surface area contributed by atoms with Crippen LogP contribution in [0.15, 0.2) is 21.9 Å². The van der Waals surface area contributed by atoms with Crippen LogP contribution in [-0.2, 0) is 14.6 Å². The Morgan fingerprint density at radius 3 is 1.95 bits per heavy atom. The summed E-state index contributed by atoms with van der Waals surface area (Å²) in [5.74, 6) is -1.13. The van der Waals surface area contributed by atoms with Crippen LogP contribution in [0, 0.1) is 6.92 Å². The number of carbonyl (C=O) groups excluding carboxylic acids is 1. The molecule has 1 aromatic carbocycles. The fourth-order valence-electron chi connectivity index (χ4n) is 1.58. The zero-order valence-electron chi connectivity index (χ0n) is 11.0. The minimum absolute atomic E-state index is 0.0514. The largest absolute Gasteiger partial charge is 0.465 e. The predicted octanol–water partition coefficient (Wildman–Crippen LogP) is 3.84. The Morgan fingerprint density at radius 2 is 1.62 bits per heavy atom. The second-order valence-corrected chi connectivity index (χ2v) is 8.71. The molecule has 0 fully saturated rings. The molecule has 0 radical (unpaired) electrons. The van der Waals surface area contributed by atoms with Crippen LogP contribution >= 0.6 is 10.2 Å². The number of sulfone groups is 1. The summed E-state index contributed by atoms with van der Waals surface area (Å²) in [7, 11) is -14.0. The van der Waals surface area contributed by atoms with Crippen LogP contribution < -0.4 is 0 Å². The van der Waals surface area contributed by atoms with E-state index in [1.807, 2.05) is 0 Å². The second-order valence-electron chi connectivity index (χ2n) is 4.35. The molecule has 0 bridgehead atoms. The Kier molecular flexibility index (Phi) is 3.45. The van der Waals surface area contributed by atoms with E-state index in [4.69, 9.17) is 0 Å². The number of methoxy groups -OCH3 is 1. The lowest BCUT2D eigenvalue weighted by Gasteiger charge is -2.41. The molecular weight excluding hydrogens is 343 g/mol. The maximum atomic E-state index is 13.0. The van der Waals surface area contributed by atoms with Crippen molar-refractivity contribution in [1.29, 1.82) is 0 Å². The summed E-state index contributed by atoms with van der Waals surface area (Å²) < 4.78 is 91.8. The molecule has 122 valence electrons. The van der Waals surface area contributed by atoms with Gasteiger partial charge in [0.25, 0.3) is 0 Å². The fourth-order valence-corrected chi connectivity index (χ4v) is 4.10. The van der Waals surface area contributed by atoms with Crippen molar-refractivity contribution < 1.29 is 37.4 Å². The number of rotatable bonds is 3. The topological polar surface area (TPSA) is 60.4 Å². The summed E-state index contributed by atoms with van der Waals surface area (Å²) in [6, 6.07) is 0.202. The maximum absolute atomic E-state index is 13.0. The van der Waals surface area contributed by atoms with Gasteiger partial charge in [-0.2, -0.15) is 0 Å². The third-order valence-electron chi connectivity index (χ3n) is 2.51. The van der Waals surface area contributed by atoms with Crippen molar-refractivity contribution in [3.63, 3.8) is 0 Å². The number of hydrogen-bond donors (Lipinski definition) is 0. The van der Waals surface area contributed by atoms with E-state index in [0.717, 1.165) is 14.0 Å². The van der Waals surface area contributed by atoms with Gasteiger partial charge in [0.15, 0.2) is 9.84 Å². The number of hydrogen-bond acceptors (Lipinski definition) is 4. The standard InChI is InChI=1S/C10H11F5O4S2/c1-6-4-9(21(11,12,13,14)15)8(20(3,17)18)5-7(6)10(16)19-2/h4-5H,1-3H3. The number of ether oxygens (including phenoxy) is 1. The summed E-state index contributed by atoms with van der Waals surface area (Å²) in [6.45, 7) is 0.964. The first-order valence-corrected chi connectivity index (χ1v) is 8.99. The molecular formula is C10H11F5O4S2. The number of esters is 1. The molecule has 0 aliphatic carbocycles. The lowest BCUT2D eigenvalue weighted by Crippen LogP contribution is -2.15. The molecule has 0 amide bonds. The average Bonchev–Trinajstić information content (AvgIpc) is 2.23. The van der Waals surface area contributed by atoms with Crippen molar-refractivity contribution in [2.24, 2.45) is 0 Å². The smallest absolute Gasteiger partial charge is 0.338 e. The van der Waals surface area contributed by atoms with Crippen molar-refractivity contribution in [3.05, 3.63) is 23.3 Å². The van der Waals surface area contributed by atoms with Crippen LogP contribution in [0.25, 0.3) is 0 Å². The minimum atomic E-state index is -10.2. The number of benzene rings is 1. The molecule has 21 heavy (non-hydrogen) atoms. The van der Waals surface area contributed by atoms with Crippen molar-refractivity contribution in [2.75, 3.05) is 13.4 Å².